The Kier molecular flexibility index (Phi) is 5.45. The molecule has 0 amide bonds. The first-order valence-electron chi connectivity index (χ1n) is 3.48. The molecule has 0 spiro atoms. The number of ether oxygens (including phenoxy) is 1. The van der Waals surface area contributed by atoms with Gasteiger partial charge in [0.15, 0.2) is 0 Å². The number of rotatable bonds is 3. The second-order valence-electron chi connectivity index (χ2n) is 3.12. The molecule has 0 aliphatic heterocycles. The molecule has 0 aromatic rings. The molecule has 0 rings (SSSR count). The van der Waals surface area contributed by atoms with Crippen molar-refractivity contribution in [2.75, 3.05) is 5.33 Å². The molecule has 1 unspecified atom stereocenters. The van der Waals surface area contributed by atoms with E-state index in [0.717, 1.165) is 10.5 Å². The van der Waals surface area contributed by atoms with Crippen LogP contribution in [0.15, 0.2) is 0 Å². The maximum atomic E-state index is 11.0. The second kappa shape index (κ2) is 5.21. The van der Waals surface area contributed by atoms with Crippen LogP contribution in [0, 0.1) is 0 Å². The van der Waals surface area contributed by atoms with Gasteiger partial charge in [-0.2, -0.15) is 0 Å². The van der Waals surface area contributed by atoms with E-state index in [4.69, 9.17) is 4.74 Å². The summed E-state index contributed by atoms with van der Waals surface area (Å²) < 4.78 is 5.15. The van der Waals surface area contributed by atoms with Crippen molar-refractivity contribution < 1.29 is 9.53 Å². The Labute approximate surface area is 82.9 Å². The van der Waals surface area contributed by atoms with Gasteiger partial charge in [-0.1, -0.05) is 0 Å². The predicted octanol–water partition coefficient (Wildman–Crippen LogP) is 2.17. The molecule has 2 nitrogen and oxygen atoms in total. The number of halogens is 1. The first-order valence-corrected chi connectivity index (χ1v) is 7.14. The van der Waals surface area contributed by atoms with E-state index in [2.05, 4.69) is 15.9 Å². The molecule has 0 N–H and O–H groups in total. The van der Waals surface area contributed by atoms with E-state index < -0.39 is 15.8 Å². The molecule has 0 aliphatic carbocycles. The van der Waals surface area contributed by atoms with Crippen LogP contribution >= 0.6 is 15.9 Å². The van der Waals surface area contributed by atoms with Gasteiger partial charge >= 0.3 is 82.9 Å². The van der Waals surface area contributed by atoms with Gasteiger partial charge in [-0.05, 0) is 0 Å². The first-order chi connectivity index (χ1) is 4.95. The van der Waals surface area contributed by atoms with Crippen molar-refractivity contribution >= 4 is 36.4 Å². The van der Waals surface area contributed by atoms with Crippen molar-refractivity contribution in [3.05, 3.63) is 0 Å². The number of alkyl halides is 1. The topological polar surface area (TPSA) is 26.3 Å². The van der Waals surface area contributed by atoms with Crippen molar-refractivity contribution in [2.45, 2.75) is 31.6 Å². The van der Waals surface area contributed by atoms with Crippen molar-refractivity contribution in [3.63, 3.8) is 0 Å². The van der Waals surface area contributed by atoms with Crippen LogP contribution in [0.3, 0.4) is 0 Å². The summed E-state index contributed by atoms with van der Waals surface area (Å²) in [5.74, 6) is 0. The minimum absolute atomic E-state index is 0.0111. The SMILES string of the molecule is CC(C)(C)OC(=O)[AsH]CCBr. The summed E-state index contributed by atoms with van der Waals surface area (Å²) in [5.41, 5.74) is -0.313. The van der Waals surface area contributed by atoms with E-state index in [-0.39, 0.29) is 10.4 Å². The third kappa shape index (κ3) is 8.41. The molecule has 0 aliphatic rings. The summed E-state index contributed by atoms with van der Waals surface area (Å²) in [5, 5.41) is 1.88. The third-order valence-corrected chi connectivity index (χ3v) is 4.56. The molecule has 0 aromatic carbocycles. The van der Waals surface area contributed by atoms with Crippen molar-refractivity contribution in [1.82, 2.24) is 0 Å². The molecular formula is C7H14AsBrO2. The Morgan fingerprint density at radius 1 is 1.55 bits per heavy atom. The average Bonchev–Trinajstić information content (AvgIpc) is 1.79. The number of hydrogen-bond donors (Lipinski definition) is 0. The Morgan fingerprint density at radius 2 is 2.09 bits per heavy atom. The molecule has 4 heteroatoms. The van der Waals surface area contributed by atoms with Gasteiger partial charge in [-0.15, -0.1) is 0 Å². The van der Waals surface area contributed by atoms with Crippen molar-refractivity contribution in [1.29, 1.82) is 0 Å². The fraction of sp³-hybridized carbons (Fsp3) is 0.857. The van der Waals surface area contributed by atoms with Gasteiger partial charge in [0.05, 0.1) is 0 Å². The summed E-state index contributed by atoms with van der Waals surface area (Å²) >= 11 is 2.74. The van der Waals surface area contributed by atoms with E-state index in [9.17, 15) is 4.79 Å². The third-order valence-electron chi connectivity index (χ3n) is 0.763. The van der Waals surface area contributed by atoms with Gasteiger partial charge in [0, 0.05) is 0 Å². The zero-order chi connectivity index (χ0) is 8.91. The number of hydrogen-bond acceptors (Lipinski definition) is 2. The summed E-state index contributed by atoms with van der Waals surface area (Å²) in [4.78, 5) is 11.0. The summed E-state index contributed by atoms with van der Waals surface area (Å²) in [6, 6.07) is 0. The van der Waals surface area contributed by atoms with E-state index in [1.165, 1.54) is 0 Å². The fourth-order valence-corrected chi connectivity index (χ4v) is 2.91. The molecule has 0 saturated carbocycles. The molecule has 0 heterocycles. The van der Waals surface area contributed by atoms with Gasteiger partial charge in [0.25, 0.3) is 0 Å². The van der Waals surface area contributed by atoms with E-state index >= 15 is 0 Å². The summed E-state index contributed by atoms with van der Waals surface area (Å²) in [6.07, 6.45) is 0. The van der Waals surface area contributed by atoms with Gasteiger partial charge in [0.2, 0.25) is 0 Å². The van der Waals surface area contributed by atoms with Crippen LogP contribution in [0.1, 0.15) is 20.8 Å². The zero-order valence-corrected chi connectivity index (χ0v) is 10.8. The molecule has 0 saturated heterocycles. The average molecular weight is 285 g/mol. The fourth-order valence-electron chi connectivity index (χ4n) is 0.463. The van der Waals surface area contributed by atoms with Gasteiger partial charge < -0.3 is 0 Å². The molecule has 0 bridgehead atoms. The zero-order valence-electron chi connectivity index (χ0n) is 7.11. The molecule has 11 heavy (non-hydrogen) atoms. The van der Waals surface area contributed by atoms with Crippen LogP contribution in [0.5, 0.6) is 0 Å². The van der Waals surface area contributed by atoms with Gasteiger partial charge in [-0.3, -0.25) is 0 Å². The van der Waals surface area contributed by atoms with Gasteiger partial charge in [0.1, 0.15) is 0 Å². The number of carbonyl (C=O) groups excluding carboxylic acids is 1. The van der Waals surface area contributed by atoms with Crippen LogP contribution in [-0.2, 0) is 4.74 Å². The van der Waals surface area contributed by atoms with E-state index in [1.807, 2.05) is 20.8 Å². The second-order valence-corrected chi connectivity index (χ2v) is 6.56. The van der Waals surface area contributed by atoms with Crippen LogP contribution in [-0.4, -0.2) is 31.4 Å². The van der Waals surface area contributed by atoms with Crippen LogP contribution in [0.2, 0.25) is 5.21 Å². The van der Waals surface area contributed by atoms with Crippen LogP contribution in [0.4, 0.5) is 4.79 Å². The minimum atomic E-state index is -0.537. The standard InChI is InChI=1S/C7H14AsBrO2/c1-7(2,3)11-6(10)8-4-5-9/h8H,4-5H2,1-3H3. The van der Waals surface area contributed by atoms with Crippen molar-refractivity contribution in [2.24, 2.45) is 0 Å². The van der Waals surface area contributed by atoms with E-state index in [1.54, 1.807) is 0 Å². The Bertz CT molecular complexity index is 131. The summed E-state index contributed by atoms with van der Waals surface area (Å²) in [7, 11) is 0. The maximum absolute atomic E-state index is 11.0. The first kappa shape index (κ1) is 11.5. The predicted molar refractivity (Wildman–Crippen MR) is 52.0 cm³/mol. The monoisotopic (exact) mass is 284 g/mol. The quantitative estimate of drug-likeness (QED) is 0.587. The van der Waals surface area contributed by atoms with Crippen molar-refractivity contribution in [3.8, 4) is 0 Å². The van der Waals surface area contributed by atoms with Crippen LogP contribution < -0.4 is 0 Å². The molecule has 1 atom stereocenters. The summed E-state index contributed by atoms with van der Waals surface area (Å²) in [6.45, 7) is 5.68. The van der Waals surface area contributed by atoms with E-state index in [0.29, 0.717) is 0 Å². The molecule has 66 valence electrons. The molecule has 0 radical (unpaired) electrons. The number of carbonyl (C=O) groups is 1. The molecule has 0 fully saturated rings. The molecular weight excluding hydrogens is 271 g/mol. The normalized spacial score (nSPS) is 12.4. The Hall–Kier alpha value is 0.508. The van der Waals surface area contributed by atoms with Gasteiger partial charge in [-0.25, -0.2) is 0 Å². The Morgan fingerprint density at radius 3 is 2.45 bits per heavy atom. The van der Waals surface area contributed by atoms with Crippen LogP contribution in [0.25, 0.3) is 0 Å². The molecule has 0 aromatic heterocycles. The Balaban J connectivity index is 3.53.